The second-order valence-electron chi connectivity index (χ2n) is 6.95. The van der Waals surface area contributed by atoms with Crippen molar-refractivity contribution in [2.45, 2.75) is 32.2 Å². The monoisotopic (exact) mass is 339 g/mol. The zero-order valence-electron chi connectivity index (χ0n) is 15.1. The van der Waals surface area contributed by atoms with Gasteiger partial charge in [0.25, 0.3) is 0 Å². The molecule has 2 aliphatic rings. The molecule has 0 spiro atoms. The van der Waals surface area contributed by atoms with Crippen LogP contribution in [0.1, 0.15) is 36.1 Å². The molecule has 0 amide bonds. The minimum absolute atomic E-state index is 0.246. The van der Waals surface area contributed by atoms with Crippen molar-refractivity contribution in [3.8, 4) is 28.4 Å². The fourth-order valence-corrected chi connectivity index (χ4v) is 4.23. The van der Waals surface area contributed by atoms with Crippen LogP contribution >= 0.6 is 0 Å². The predicted molar refractivity (Wildman–Crippen MR) is 98.7 cm³/mol. The third-order valence-corrected chi connectivity index (χ3v) is 5.49. The number of methoxy groups -OCH3 is 1. The van der Waals surface area contributed by atoms with Crippen molar-refractivity contribution in [1.82, 2.24) is 4.90 Å². The van der Waals surface area contributed by atoms with E-state index in [1.807, 2.05) is 6.07 Å². The van der Waals surface area contributed by atoms with Gasteiger partial charge in [-0.25, -0.2) is 0 Å². The SMILES string of the molecule is CCCOc1ccc2c3c1CCN(C)[C@@H]3Cc1ccc(OC)c(O)c1-2. The molecule has 2 aromatic rings. The van der Waals surface area contributed by atoms with E-state index >= 15 is 0 Å². The average molecular weight is 339 g/mol. The molecule has 4 nitrogen and oxygen atoms in total. The van der Waals surface area contributed by atoms with Crippen LogP contribution in [0.3, 0.4) is 0 Å². The van der Waals surface area contributed by atoms with E-state index in [9.17, 15) is 5.11 Å². The predicted octanol–water partition coefficient (Wildman–Crippen LogP) is 3.94. The molecule has 1 aliphatic carbocycles. The first kappa shape index (κ1) is 16.3. The zero-order chi connectivity index (χ0) is 17.6. The van der Waals surface area contributed by atoms with Gasteiger partial charge in [-0.1, -0.05) is 19.1 Å². The molecule has 132 valence electrons. The first-order valence-corrected chi connectivity index (χ1v) is 9.03. The largest absolute Gasteiger partial charge is 0.504 e. The van der Waals surface area contributed by atoms with Crippen LogP contribution in [0, 0.1) is 0 Å². The van der Waals surface area contributed by atoms with E-state index in [1.165, 1.54) is 16.7 Å². The van der Waals surface area contributed by atoms with E-state index in [4.69, 9.17) is 9.47 Å². The fraction of sp³-hybridized carbons (Fsp3) is 0.429. The van der Waals surface area contributed by atoms with Crippen LogP contribution < -0.4 is 9.47 Å². The van der Waals surface area contributed by atoms with E-state index in [2.05, 4.69) is 37.1 Å². The Hall–Kier alpha value is -2.20. The van der Waals surface area contributed by atoms with E-state index in [0.29, 0.717) is 11.8 Å². The highest BCUT2D eigenvalue weighted by atomic mass is 16.5. The van der Waals surface area contributed by atoms with Gasteiger partial charge in [-0.3, -0.25) is 4.90 Å². The molecule has 25 heavy (non-hydrogen) atoms. The van der Waals surface area contributed by atoms with Gasteiger partial charge >= 0.3 is 0 Å². The quantitative estimate of drug-likeness (QED) is 0.916. The molecule has 0 bridgehead atoms. The Labute approximate surface area is 149 Å². The molecule has 0 unspecified atom stereocenters. The van der Waals surface area contributed by atoms with Gasteiger partial charge in [0.1, 0.15) is 5.75 Å². The second-order valence-corrected chi connectivity index (χ2v) is 6.95. The molecule has 0 fully saturated rings. The van der Waals surface area contributed by atoms with Crippen molar-refractivity contribution in [2.24, 2.45) is 0 Å². The van der Waals surface area contributed by atoms with Crippen LogP contribution in [-0.4, -0.2) is 37.3 Å². The summed E-state index contributed by atoms with van der Waals surface area (Å²) in [6.45, 7) is 3.89. The summed E-state index contributed by atoms with van der Waals surface area (Å²) in [7, 11) is 3.78. The maximum Gasteiger partial charge on any atom is 0.165 e. The van der Waals surface area contributed by atoms with Gasteiger partial charge in [0.05, 0.1) is 13.7 Å². The molecule has 2 aromatic carbocycles. The molecule has 1 aliphatic heterocycles. The normalized spacial score (nSPS) is 18.4. The molecule has 1 heterocycles. The molecule has 0 aromatic heterocycles. The Morgan fingerprint density at radius 2 is 2.00 bits per heavy atom. The summed E-state index contributed by atoms with van der Waals surface area (Å²) in [5.41, 5.74) is 5.84. The summed E-state index contributed by atoms with van der Waals surface area (Å²) in [5, 5.41) is 10.8. The first-order valence-electron chi connectivity index (χ1n) is 9.03. The van der Waals surface area contributed by atoms with Gasteiger partial charge in [0.15, 0.2) is 11.5 Å². The van der Waals surface area contributed by atoms with Crippen molar-refractivity contribution in [1.29, 1.82) is 0 Å². The number of ether oxygens (including phenoxy) is 2. The van der Waals surface area contributed by atoms with Gasteiger partial charge < -0.3 is 14.6 Å². The van der Waals surface area contributed by atoms with Crippen molar-refractivity contribution in [3.63, 3.8) is 0 Å². The van der Waals surface area contributed by atoms with Crippen molar-refractivity contribution in [2.75, 3.05) is 27.3 Å². The van der Waals surface area contributed by atoms with Crippen LogP contribution in [0.4, 0.5) is 0 Å². The van der Waals surface area contributed by atoms with Crippen molar-refractivity contribution < 1.29 is 14.6 Å². The third kappa shape index (κ3) is 2.47. The lowest BCUT2D eigenvalue weighted by Gasteiger charge is -2.40. The number of likely N-dealkylation sites (N-methyl/N-ethyl adjacent to an activating group) is 1. The summed E-state index contributed by atoms with van der Waals surface area (Å²) in [5.74, 6) is 1.78. The number of hydrogen-bond acceptors (Lipinski definition) is 4. The highest BCUT2D eigenvalue weighted by Crippen LogP contribution is 2.51. The van der Waals surface area contributed by atoms with Gasteiger partial charge in [0, 0.05) is 23.7 Å². The number of benzene rings is 2. The van der Waals surface area contributed by atoms with Gasteiger partial charge in [-0.05, 0) is 55.1 Å². The van der Waals surface area contributed by atoms with E-state index < -0.39 is 0 Å². The molecular weight excluding hydrogens is 314 g/mol. The molecule has 1 N–H and O–H groups in total. The molecule has 4 heteroatoms. The smallest absolute Gasteiger partial charge is 0.165 e. The average Bonchev–Trinajstić information content (AvgIpc) is 2.63. The summed E-state index contributed by atoms with van der Waals surface area (Å²) >= 11 is 0. The lowest BCUT2D eigenvalue weighted by atomic mass is 9.76. The van der Waals surface area contributed by atoms with Crippen molar-refractivity contribution in [3.05, 3.63) is 41.0 Å². The number of nitrogens with zero attached hydrogens (tertiary/aromatic N) is 1. The Bertz CT molecular complexity index is 815. The minimum atomic E-state index is 0.246. The van der Waals surface area contributed by atoms with Crippen LogP contribution in [0.2, 0.25) is 0 Å². The highest BCUT2D eigenvalue weighted by Gasteiger charge is 2.35. The molecule has 1 atom stereocenters. The molecule has 0 saturated heterocycles. The standard InChI is InChI=1S/C21H25NO3/c1-4-11-25-17-8-6-15-19-13(5-7-18(24-3)21(19)23)12-16-20(15)14(17)9-10-22(16)2/h5-8,16,23H,4,9-12H2,1-3H3/t16-/m1/s1. The van der Waals surface area contributed by atoms with Crippen LogP contribution in [0.15, 0.2) is 24.3 Å². The maximum absolute atomic E-state index is 10.8. The van der Waals surface area contributed by atoms with E-state index in [1.54, 1.807) is 7.11 Å². The van der Waals surface area contributed by atoms with Crippen molar-refractivity contribution >= 4 is 0 Å². The topological polar surface area (TPSA) is 41.9 Å². The number of fused-ring (bicyclic) bond motifs is 2. The minimum Gasteiger partial charge on any atom is -0.504 e. The first-order chi connectivity index (χ1) is 12.2. The van der Waals surface area contributed by atoms with Gasteiger partial charge in [-0.15, -0.1) is 0 Å². The molecule has 0 radical (unpaired) electrons. The number of aromatic hydroxyl groups is 1. The molecule has 4 rings (SSSR count). The summed E-state index contributed by atoms with van der Waals surface area (Å²) < 4.78 is 11.4. The number of rotatable bonds is 4. The maximum atomic E-state index is 10.8. The number of hydrogen-bond donors (Lipinski definition) is 1. The summed E-state index contributed by atoms with van der Waals surface area (Å²) in [4.78, 5) is 2.42. The molecule has 0 saturated carbocycles. The van der Waals surface area contributed by atoms with E-state index in [0.717, 1.165) is 49.3 Å². The lowest BCUT2D eigenvalue weighted by molar-refractivity contribution is 0.222. The third-order valence-electron chi connectivity index (χ3n) is 5.49. The Balaban J connectivity index is 1.93. The Morgan fingerprint density at radius 1 is 1.20 bits per heavy atom. The molecular formula is C21H25NO3. The number of phenolic OH excluding ortho intramolecular Hbond substituents is 1. The highest BCUT2D eigenvalue weighted by molar-refractivity contribution is 5.83. The summed E-state index contributed by atoms with van der Waals surface area (Å²) in [6.07, 6.45) is 2.89. The second kappa shape index (κ2) is 6.26. The van der Waals surface area contributed by atoms with Crippen LogP contribution in [-0.2, 0) is 12.8 Å². The van der Waals surface area contributed by atoms with Crippen LogP contribution in [0.5, 0.6) is 17.2 Å². The Morgan fingerprint density at radius 3 is 2.76 bits per heavy atom. The zero-order valence-corrected chi connectivity index (χ0v) is 15.1. The number of phenols is 1. The lowest BCUT2D eigenvalue weighted by Crippen LogP contribution is -2.35. The van der Waals surface area contributed by atoms with Crippen LogP contribution in [0.25, 0.3) is 11.1 Å². The van der Waals surface area contributed by atoms with E-state index in [-0.39, 0.29) is 5.75 Å². The Kier molecular flexibility index (Phi) is 4.08. The van der Waals surface area contributed by atoms with Gasteiger partial charge in [0.2, 0.25) is 0 Å². The fourth-order valence-electron chi connectivity index (χ4n) is 4.23. The van der Waals surface area contributed by atoms with Gasteiger partial charge in [-0.2, -0.15) is 0 Å². The summed E-state index contributed by atoms with van der Waals surface area (Å²) in [6, 6.07) is 8.46.